The van der Waals surface area contributed by atoms with Gasteiger partial charge in [0.25, 0.3) is 0 Å². The largest absolute Gasteiger partial charge is 0.372 e. The van der Waals surface area contributed by atoms with Crippen LogP contribution in [-0.4, -0.2) is 43.3 Å². The minimum Gasteiger partial charge on any atom is -0.372 e. The van der Waals surface area contributed by atoms with Gasteiger partial charge in [-0.05, 0) is 32.0 Å². The maximum atomic E-state index is 13.7. The van der Waals surface area contributed by atoms with E-state index in [4.69, 9.17) is 4.74 Å². The van der Waals surface area contributed by atoms with Crippen LogP contribution in [0.1, 0.15) is 18.4 Å². The van der Waals surface area contributed by atoms with Gasteiger partial charge in [-0.1, -0.05) is 18.2 Å². The van der Waals surface area contributed by atoms with Crippen molar-refractivity contribution in [1.29, 1.82) is 0 Å². The van der Waals surface area contributed by atoms with E-state index >= 15 is 0 Å². The van der Waals surface area contributed by atoms with Gasteiger partial charge < -0.3 is 10.1 Å². The fourth-order valence-corrected chi connectivity index (χ4v) is 3.11. The fraction of sp³-hybridized carbons (Fsp3) is 0.600. The predicted molar refractivity (Wildman–Crippen MR) is 72.5 cm³/mol. The summed E-state index contributed by atoms with van der Waals surface area (Å²) < 4.78 is 19.7. The Morgan fingerprint density at radius 1 is 1.26 bits per heavy atom. The van der Waals surface area contributed by atoms with Gasteiger partial charge in [0.2, 0.25) is 0 Å². The Bertz CT molecular complexity index is 426. The lowest BCUT2D eigenvalue weighted by molar-refractivity contribution is -0.125. The Morgan fingerprint density at radius 3 is 2.84 bits per heavy atom. The van der Waals surface area contributed by atoms with Gasteiger partial charge in [0.1, 0.15) is 5.82 Å². The number of hydrogen-bond donors (Lipinski definition) is 1. The molecule has 19 heavy (non-hydrogen) atoms. The molecule has 0 aromatic heterocycles. The van der Waals surface area contributed by atoms with Crippen LogP contribution < -0.4 is 5.32 Å². The fourth-order valence-electron chi connectivity index (χ4n) is 3.11. The first-order chi connectivity index (χ1) is 9.27. The van der Waals surface area contributed by atoms with Crippen molar-refractivity contribution in [2.75, 3.05) is 32.8 Å². The Labute approximate surface area is 113 Å². The first kappa shape index (κ1) is 13.0. The topological polar surface area (TPSA) is 24.5 Å². The molecule has 1 aromatic rings. The van der Waals surface area contributed by atoms with E-state index in [2.05, 4.69) is 10.2 Å². The third kappa shape index (κ3) is 2.96. The number of nitrogens with zero attached hydrogens (tertiary/aromatic N) is 1. The molecule has 0 atom stereocenters. The van der Waals surface area contributed by atoms with Crippen LogP contribution in [0.25, 0.3) is 0 Å². The van der Waals surface area contributed by atoms with Gasteiger partial charge in [-0.2, -0.15) is 0 Å². The Morgan fingerprint density at radius 2 is 2.05 bits per heavy atom. The van der Waals surface area contributed by atoms with Gasteiger partial charge in [-0.3, -0.25) is 4.90 Å². The summed E-state index contributed by atoms with van der Waals surface area (Å²) >= 11 is 0. The summed E-state index contributed by atoms with van der Waals surface area (Å²) in [5.41, 5.74) is 0.780. The number of morpholine rings is 1. The van der Waals surface area contributed by atoms with E-state index in [1.165, 1.54) is 6.07 Å². The van der Waals surface area contributed by atoms with Crippen LogP contribution in [0.3, 0.4) is 0 Å². The van der Waals surface area contributed by atoms with Gasteiger partial charge in [0, 0.05) is 25.2 Å². The number of hydrogen-bond acceptors (Lipinski definition) is 3. The van der Waals surface area contributed by atoms with Crippen molar-refractivity contribution in [2.45, 2.75) is 25.0 Å². The third-order valence-corrected chi connectivity index (χ3v) is 4.19. The lowest BCUT2D eigenvalue weighted by atomic mass is 9.90. The van der Waals surface area contributed by atoms with E-state index in [1.807, 2.05) is 12.1 Å². The molecule has 104 valence electrons. The van der Waals surface area contributed by atoms with Gasteiger partial charge >= 0.3 is 0 Å². The quantitative estimate of drug-likeness (QED) is 0.881. The number of nitrogens with one attached hydrogen (secondary N) is 1. The molecule has 0 unspecified atom stereocenters. The van der Waals surface area contributed by atoms with Crippen molar-refractivity contribution in [2.24, 2.45) is 0 Å². The van der Waals surface area contributed by atoms with Gasteiger partial charge in [-0.15, -0.1) is 0 Å². The van der Waals surface area contributed by atoms with Gasteiger partial charge in [0.05, 0.1) is 12.2 Å². The number of halogens is 1. The van der Waals surface area contributed by atoms with Gasteiger partial charge in [-0.25, -0.2) is 4.39 Å². The summed E-state index contributed by atoms with van der Waals surface area (Å²) in [5.74, 6) is -0.103. The van der Waals surface area contributed by atoms with E-state index in [1.54, 1.807) is 6.07 Å². The number of ether oxygens (including phenoxy) is 1. The molecule has 0 radical (unpaired) electrons. The Balaban J connectivity index is 1.67. The number of piperidine rings is 1. The molecule has 2 saturated heterocycles. The third-order valence-electron chi connectivity index (χ3n) is 4.19. The summed E-state index contributed by atoms with van der Waals surface area (Å²) in [6, 6.07) is 7.06. The highest BCUT2D eigenvalue weighted by molar-refractivity contribution is 5.17. The predicted octanol–water partition coefficient (Wildman–Crippen LogP) is 1.78. The molecule has 1 N–H and O–H groups in total. The zero-order valence-electron chi connectivity index (χ0n) is 11.2. The molecule has 4 heteroatoms. The summed E-state index contributed by atoms with van der Waals surface area (Å²) in [5, 5.41) is 3.37. The van der Waals surface area contributed by atoms with Crippen molar-refractivity contribution in [1.82, 2.24) is 10.2 Å². The smallest absolute Gasteiger partial charge is 0.127 e. The zero-order valence-corrected chi connectivity index (χ0v) is 11.2. The van der Waals surface area contributed by atoms with Crippen LogP contribution in [0.2, 0.25) is 0 Å². The average molecular weight is 264 g/mol. The number of benzene rings is 1. The second-order valence-electron chi connectivity index (χ2n) is 5.58. The minimum atomic E-state index is -0.103. The second-order valence-corrected chi connectivity index (χ2v) is 5.58. The van der Waals surface area contributed by atoms with Crippen LogP contribution >= 0.6 is 0 Å². The molecule has 3 rings (SSSR count). The van der Waals surface area contributed by atoms with Crippen LogP contribution in [0, 0.1) is 5.82 Å². The van der Waals surface area contributed by atoms with Crippen LogP contribution in [-0.2, 0) is 11.3 Å². The van der Waals surface area contributed by atoms with E-state index in [-0.39, 0.29) is 11.4 Å². The molecule has 2 aliphatic heterocycles. The highest BCUT2D eigenvalue weighted by atomic mass is 19.1. The lowest BCUT2D eigenvalue weighted by Gasteiger charge is -2.45. The molecular weight excluding hydrogens is 243 g/mol. The summed E-state index contributed by atoms with van der Waals surface area (Å²) in [7, 11) is 0. The van der Waals surface area contributed by atoms with E-state index < -0.39 is 0 Å². The molecule has 2 fully saturated rings. The van der Waals surface area contributed by atoms with E-state index in [0.717, 1.165) is 51.2 Å². The van der Waals surface area contributed by atoms with Crippen LogP contribution in [0.5, 0.6) is 0 Å². The van der Waals surface area contributed by atoms with Crippen molar-refractivity contribution >= 4 is 0 Å². The summed E-state index contributed by atoms with van der Waals surface area (Å²) in [6.45, 7) is 5.30. The monoisotopic (exact) mass is 264 g/mol. The Kier molecular flexibility index (Phi) is 3.82. The SMILES string of the molecule is Fc1ccccc1CN1CCOC2(CCNCC2)C1. The van der Waals surface area contributed by atoms with Crippen molar-refractivity contribution in [3.8, 4) is 0 Å². The van der Waals surface area contributed by atoms with Crippen molar-refractivity contribution < 1.29 is 9.13 Å². The summed E-state index contributed by atoms with van der Waals surface area (Å²) in [6.07, 6.45) is 2.11. The van der Waals surface area contributed by atoms with Crippen LogP contribution in [0.15, 0.2) is 24.3 Å². The minimum absolute atomic E-state index is 0.00520. The van der Waals surface area contributed by atoms with Crippen LogP contribution in [0.4, 0.5) is 4.39 Å². The van der Waals surface area contributed by atoms with Gasteiger partial charge in [0.15, 0.2) is 0 Å². The highest BCUT2D eigenvalue weighted by Crippen LogP contribution is 2.28. The Hall–Kier alpha value is -0.970. The molecule has 0 saturated carbocycles. The number of rotatable bonds is 2. The van der Waals surface area contributed by atoms with E-state index in [0.29, 0.717) is 6.54 Å². The molecule has 3 nitrogen and oxygen atoms in total. The molecule has 0 aliphatic carbocycles. The second kappa shape index (κ2) is 5.57. The maximum absolute atomic E-state index is 13.7. The molecule has 2 aliphatic rings. The molecule has 1 spiro atoms. The van der Waals surface area contributed by atoms with Crippen molar-refractivity contribution in [3.05, 3.63) is 35.6 Å². The molecule has 2 heterocycles. The molecular formula is C15H21FN2O. The molecule has 0 amide bonds. The standard InChI is InChI=1S/C15H21FN2O/c16-14-4-2-1-3-13(14)11-18-9-10-19-15(12-18)5-7-17-8-6-15/h1-4,17H,5-12H2. The summed E-state index contributed by atoms with van der Waals surface area (Å²) in [4.78, 5) is 2.33. The highest BCUT2D eigenvalue weighted by Gasteiger charge is 2.37. The van der Waals surface area contributed by atoms with E-state index in [9.17, 15) is 4.39 Å². The molecule has 0 bridgehead atoms. The first-order valence-corrected chi connectivity index (χ1v) is 7.08. The van der Waals surface area contributed by atoms with Crippen molar-refractivity contribution in [3.63, 3.8) is 0 Å². The first-order valence-electron chi connectivity index (χ1n) is 7.08. The molecule has 1 aromatic carbocycles. The zero-order chi connectivity index (χ0) is 13.1. The maximum Gasteiger partial charge on any atom is 0.127 e. The average Bonchev–Trinajstić information content (AvgIpc) is 2.42. The normalized spacial score (nSPS) is 23.6. The lowest BCUT2D eigenvalue weighted by Crippen LogP contribution is -2.55.